The predicted octanol–water partition coefficient (Wildman–Crippen LogP) is 6.35. The lowest BCUT2D eigenvalue weighted by Gasteiger charge is -2.36. The van der Waals surface area contributed by atoms with E-state index in [1.807, 2.05) is 18.2 Å². The van der Waals surface area contributed by atoms with Crippen LogP contribution in [-0.2, 0) is 9.59 Å². The van der Waals surface area contributed by atoms with E-state index in [0.29, 0.717) is 47.8 Å². The first kappa shape index (κ1) is 33.2. The molecule has 0 saturated carbocycles. The summed E-state index contributed by atoms with van der Waals surface area (Å²) in [5.41, 5.74) is 5.52. The standard InChI is InChI=1S/C31H39NO3.C4H4O4/c1-23-9-13-25(14-10-23)30(26-15-11-24(2)12-16-26)27-17-20-32(21-18-27)19-6-22-35-31-28(33-3)7-5-8-29(31)34-4;5-3(6)1-2-4(7)8/h5,7-16,27,30H,6,17-22H2,1-4H3;1-2H,(H,5,6)(H,7,8)/b;2-1+. The fourth-order valence-electron chi connectivity index (χ4n) is 5.36. The summed E-state index contributed by atoms with van der Waals surface area (Å²) in [7, 11) is 3.32. The number of para-hydroxylation sites is 1. The number of aliphatic carboxylic acids is 2. The first-order chi connectivity index (χ1) is 20.7. The Morgan fingerprint density at radius 1 is 0.814 bits per heavy atom. The highest BCUT2D eigenvalue weighted by Gasteiger charge is 2.29. The Kier molecular flexibility index (Phi) is 13.1. The molecule has 4 rings (SSSR count). The number of likely N-dealkylation sites (tertiary alicyclic amines) is 1. The molecule has 0 aromatic heterocycles. The Labute approximate surface area is 254 Å². The highest BCUT2D eigenvalue weighted by Crippen LogP contribution is 2.39. The van der Waals surface area contributed by atoms with E-state index in [1.54, 1.807) is 14.2 Å². The summed E-state index contributed by atoms with van der Waals surface area (Å²) in [4.78, 5) is 21.7. The number of aryl methyl sites for hydroxylation is 2. The molecule has 230 valence electrons. The van der Waals surface area contributed by atoms with Crippen molar-refractivity contribution in [3.63, 3.8) is 0 Å². The van der Waals surface area contributed by atoms with Crippen molar-refractivity contribution in [3.8, 4) is 17.2 Å². The van der Waals surface area contributed by atoms with Crippen LogP contribution in [0.1, 0.15) is 47.4 Å². The van der Waals surface area contributed by atoms with E-state index in [0.717, 1.165) is 26.1 Å². The van der Waals surface area contributed by atoms with Crippen molar-refractivity contribution < 1.29 is 34.0 Å². The van der Waals surface area contributed by atoms with Crippen molar-refractivity contribution in [2.75, 3.05) is 40.5 Å². The van der Waals surface area contributed by atoms with Gasteiger partial charge in [0, 0.05) is 24.6 Å². The second-order valence-corrected chi connectivity index (χ2v) is 10.7. The SMILES string of the molecule is COc1cccc(OC)c1OCCCN1CCC(C(c2ccc(C)cc2)c2ccc(C)cc2)CC1.O=C(O)/C=C/C(=O)O. The molecule has 8 heteroatoms. The number of hydrogen-bond acceptors (Lipinski definition) is 6. The van der Waals surface area contributed by atoms with Crippen molar-refractivity contribution in [2.45, 2.75) is 39.0 Å². The summed E-state index contributed by atoms with van der Waals surface area (Å²) in [6.45, 7) is 8.29. The molecule has 1 saturated heterocycles. The Morgan fingerprint density at radius 3 is 1.70 bits per heavy atom. The summed E-state index contributed by atoms with van der Waals surface area (Å²) in [5, 5.41) is 15.6. The summed E-state index contributed by atoms with van der Waals surface area (Å²) >= 11 is 0. The van der Waals surface area contributed by atoms with Crippen molar-refractivity contribution >= 4 is 11.9 Å². The van der Waals surface area contributed by atoms with Gasteiger partial charge in [0.1, 0.15) is 0 Å². The third kappa shape index (κ3) is 10.5. The third-order valence-corrected chi connectivity index (χ3v) is 7.59. The highest BCUT2D eigenvalue weighted by atomic mass is 16.5. The van der Waals surface area contributed by atoms with Gasteiger partial charge in [0.2, 0.25) is 5.75 Å². The molecule has 0 unspecified atom stereocenters. The quantitative estimate of drug-likeness (QED) is 0.186. The molecule has 1 aliphatic heterocycles. The first-order valence-electron chi connectivity index (χ1n) is 14.5. The van der Waals surface area contributed by atoms with Gasteiger partial charge >= 0.3 is 11.9 Å². The fraction of sp³-hybridized carbons (Fsp3) is 0.371. The smallest absolute Gasteiger partial charge is 0.328 e. The largest absolute Gasteiger partial charge is 0.493 e. The molecule has 1 heterocycles. The van der Waals surface area contributed by atoms with Crippen LogP contribution in [-0.4, -0.2) is 67.5 Å². The zero-order chi connectivity index (χ0) is 31.2. The van der Waals surface area contributed by atoms with Crippen LogP contribution in [0.25, 0.3) is 0 Å². The average molecular weight is 590 g/mol. The molecular weight excluding hydrogens is 546 g/mol. The van der Waals surface area contributed by atoms with Gasteiger partial charge in [0.15, 0.2) is 11.5 Å². The molecule has 0 spiro atoms. The second kappa shape index (κ2) is 17.0. The van der Waals surface area contributed by atoms with Gasteiger partial charge in [0.25, 0.3) is 0 Å². The lowest BCUT2D eigenvalue weighted by molar-refractivity contribution is -0.134. The van der Waals surface area contributed by atoms with E-state index in [9.17, 15) is 9.59 Å². The van der Waals surface area contributed by atoms with Gasteiger partial charge in [-0.2, -0.15) is 0 Å². The van der Waals surface area contributed by atoms with E-state index in [4.69, 9.17) is 24.4 Å². The van der Waals surface area contributed by atoms with Crippen LogP contribution >= 0.6 is 0 Å². The summed E-state index contributed by atoms with van der Waals surface area (Å²) < 4.78 is 16.9. The monoisotopic (exact) mass is 589 g/mol. The molecule has 0 atom stereocenters. The van der Waals surface area contributed by atoms with Crippen LogP contribution in [0, 0.1) is 19.8 Å². The van der Waals surface area contributed by atoms with Crippen molar-refractivity contribution in [1.82, 2.24) is 4.90 Å². The number of piperidine rings is 1. The molecule has 0 amide bonds. The molecule has 0 bridgehead atoms. The molecule has 8 nitrogen and oxygen atoms in total. The maximum absolute atomic E-state index is 9.55. The number of carbonyl (C=O) groups is 2. The van der Waals surface area contributed by atoms with Crippen molar-refractivity contribution in [3.05, 3.63) is 101 Å². The fourth-order valence-corrected chi connectivity index (χ4v) is 5.36. The van der Waals surface area contributed by atoms with Crippen LogP contribution in [0.15, 0.2) is 78.9 Å². The van der Waals surface area contributed by atoms with Gasteiger partial charge in [-0.1, -0.05) is 65.7 Å². The number of benzene rings is 3. The van der Waals surface area contributed by atoms with Gasteiger partial charge in [-0.05, 0) is 75.4 Å². The Morgan fingerprint density at radius 2 is 1.28 bits per heavy atom. The molecule has 1 fully saturated rings. The number of nitrogens with zero attached hydrogens (tertiary/aromatic N) is 1. The van der Waals surface area contributed by atoms with E-state index >= 15 is 0 Å². The highest BCUT2D eigenvalue weighted by molar-refractivity contribution is 5.89. The zero-order valence-electron chi connectivity index (χ0n) is 25.5. The lowest BCUT2D eigenvalue weighted by Crippen LogP contribution is -2.36. The molecule has 1 aliphatic rings. The maximum Gasteiger partial charge on any atom is 0.328 e. The van der Waals surface area contributed by atoms with Crippen molar-refractivity contribution in [2.24, 2.45) is 5.92 Å². The van der Waals surface area contributed by atoms with E-state index in [1.165, 1.54) is 35.1 Å². The van der Waals surface area contributed by atoms with E-state index < -0.39 is 11.9 Å². The van der Waals surface area contributed by atoms with Gasteiger partial charge in [0.05, 0.1) is 20.8 Å². The number of carboxylic acids is 2. The lowest BCUT2D eigenvalue weighted by atomic mass is 9.76. The van der Waals surface area contributed by atoms with Gasteiger partial charge in [-0.3, -0.25) is 0 Å². The van der Waals surface area contributed by atoms with Crippen LogP contribution in [0.2, 0.25) is 0 Å². The summed E-state index contributed by atoms with van der Waals surface area (Å²) in [6.07, 6.45) is 4.52. The molecule has 3 aromatic rings. The van der Waals surface area contributed by atoms with E-state index in [-0.39, 0.29) is 0 Å². The number of hydrogen-bond donors (Lipinski definition) is 2. The van der Waals surface area contributed by atoms with Crippen molar-refractivity contribution in [1.29, 1.82) is 0 Å². The third-order valence-electron chi connectivity index (χ3n) is 7.59. The van der Waals surface area contributed by atoms with Gasteiger partial charge in [-0.15, -0.1) is 0 Å². The zero-order valence-corrected chi connectivity index (χ0v) is 25.5. The number of carboxylic acid groups (broad SMARTS) is 2. The van der Waals surface area contributed by atoms with Crippen LogP contribution in [0.3, 0.4) is 0 Å². The molecule has 2 N–H and O–H groups in total. The van der Waals surface area contributed by atoms with E-state index in [2.05, 4.69) is 67.3 Å². The number of ether oxygens (including phenoxy) is 3. The predicted molar refractivity (Wildman–Crippen MR) is 167 cm³/mol. The minimum Gasteiger partial charge on any atom is -0.493 e. The van der Waals surface area contributed by atoms with Gasteiger partial charge < -0.3 is 29.3 Å². The number of methoxy groups -OCH3 is 2. The molecule has 3 aromatic carbocycles. The Hall–Kier alpha value is -4.30. The minimum absolute atomic E-state index is 0.458. The molecule has 0 radical (unpaired) electrons. The topological polar surface area (TPSA) is 106 Å². The summed E-state index contributed by atoms with van der Waals surface area (Å²) in [6, 6.07) is 24.0. The van der Waals surface area contributed by atoms with Crippen LogP contribution in [0.5, 0.6) is 17.2 Å². The minimum atomic E-state index is -1.26. The average Bonchev–Trinajstić information content (AvgIpc) is 3.01. The maximum atomic E-state index is 9.55. The second-order valence-electron chi connectivity index (χ2n) is 10.7. The normalized spacial score (nSPS) is 13.8. The molecule has 0 aliphatic carbocycles. The number of rotatable bonds is 12. The van der Waals surface area contributed by atoms with Crippen LogP contribution < -0.4 is 14.2 Å². The van der Waals surface area contributed by atoms with Gasteiger partial charge in [-0.25, -0.2) is 9.59 Å². The summed E-state index contributed by atoms with van der Waals surface area (Å²) in [5.74, 6) is 0.715. The Bertz CT molecular complexity index is 1240. The molecule has 43 heavy (non-hydrogen) atoms. The van der Waals surface area contributed by atoms with Crippen LogP contribution in [0.4, 0.5) is 0 Å². The Balaban J connectivity index is 0.000000557. The molecular formula is C35H43NO7. The first-order valence-corrected chi connectivity index (χ1v) is 14.5.